The number of carbonyl (C=O) groups is 1. The summed E-state index contributed by atoms with van der Waals surface area (Å²) >= 11 is 4.65. The van der Waals surface area contributed by atoms with Crippen molar-refractivity contribution in [2.75, 3.05) is 7.11 Å². The van der Waals surface area contributed by atoms with E-state index in [-0.39, 0.29) is 5.56 Å². The normalized spacial score (nSPS) is 12.2. The van der Waals surface area contributed by atoms with Gasteiger partial charge in [-0.05, 0) is 45.8 Å². The SMILES string of the molecule is COC(=O)c1ccc(/C=c2\sc3nc4cc(Br)cnc4n3c2=O)cc1. The molecule has 3 heterocycles. The number of fused-ring (bicyclic) bond motifs is 3. The van der Waals surface area contributed by atoms with E-state index in [1.165, 1.54) is 22.8 Å². The van der Waals surface area contributed by atoms with E-state index in [4.69, 9.17) is 0 Å². The number of hydrogen-bond acceptors (Lipinski definition) is 6. The van der Waals surface area contributed by atoms with E-state index in [1.54, 1.807) is 36.5 Å². The molecule has 124 valence electrons. The van der Waals surface area contributed by atoms with Gasteiger partial charge in [0.05, 0.1) is 17.2 Å². The minimum absolute atomic E-state index is 0.158. The van der Waals surface area contributed by atoms with Gasteiger partial charge in [-0.15, -0.1) is 0 Å². The number of ether oxygens (including phenoxy) is 1. The Morgan fingerprint density at radius 2 is 2.08 bits per heavy atom. The van der Waals surface area contributed by atoms with Crippen molar-refractivity contribution in [2.45, 2.75) is 0 Å². The molecule has 0 aliphatic heterocycles. The predicted molar refractivity (Wildman–Crippen MR) is 98.9 cm³/mol. The quantitative estimate of drug-likeness (QED) is 0.470. The van der Waals surface area contributed by atoms with E-state index in [0.29, 0.717) is 26.2 Å². The highest BCUT2D eigenvalue weighted by molar-refractivity contribution is 9.10. The van der Waals surface area contributed by atoms with Crippen LogP contribution in [0.5, 0.6) is 0 Å². The maximum absolute atomic E-state index is 12.7. The molecule has 0 saturated heterocycles. The third kappa shape index (κ3) is 2.73. The van der Waals surface area contributed by atoms with Crippen LogP contribution in [0.4, 0.5) is 0 Å². The van der Waals surface area contributed by atoms with Crippen LogP contribution in [-0.4, -0.2) is 27.4 Å². The van der Waals surface area contributed by atoms with E-state index in [1.807, 2.05) is 6.07 Å². The molecular formula is C17H10BrN3O3S. The Labute approximate surface area is 153 Å². The summed E-state index contributed by atoms with van der Waals surface area (Å²) in [6.45, 7) is 0. The highest BCUT2D eigenvalue weighted by Gasteiger charge is 2.12. The van der Waals surface area contributed by atoms with Crippen molar-refractivity contribution < 1.29 is 9.53 Å². The Morgan fingerprint density at radius 1 is 1.32 bits per heavy atom. The van der Waals surface area contributed by atoms with Gasteiger partial charge >= 0.3 is 5.97 Å². The lowest BCUT2D eigenvalue weighted by atomic mass is 10.1. The van der Waals surface area contributed by atoms with Gasteiger partial charge in [0.25, 0.3) is 5.56 Å². The van der Waals surface area contributed by atoms with Gasteiger partial charge in [0.1, 0.15) is 5.52 Å². The number of imidazole rings is 1. The summed E-state index contributed by atoms with van der Waals surface area (Å²) < 4.78 is 7.56. The van der Waals surface area contributed by atoms with Gasteiger partial charge in [0, 0.05) is 10.7 Å². The summed E-state index contributed by atoms with van der Waals surface area (Å²) in [6, 6.07) is 8.68. The fourth-order valence-corrected chi connectivity index (χ4v) is 3.79. The predicted octanol–water partition coefficient (Wildman–Crippen LogP) is 2.40. The molecule has 0 unspecified atom stereocenters. The molecule has 0 amide bonds. The zero-order chi connectivity index (χ0) is 17.6. The number of pyridine rings is 1. The summed E-state index contributed by atoms with van der Waals surface area (Å²) in [4.78, 5) is 33.5. The molecule has 0 saturated carbocycles. The van der Waals surface area contributed by atoms with E-state index in [0.717, 1.165) is 10.0 Å². The molecule has 0 spiro atoms. The van der Waals surface area contributed by atoms with Crippen molar-refractivity contribution in [3.8, 4) is 0 Å². The number of hydrogen-bond donors (Lipinski definition) is 0. The number of benzene rings is 1. The molecule has 3 aromatic heterocycles. The molecule has 0 atom stereocenters. The molecule has 1 aromatic carbocycles. The minimum atomic E-state index is -0.394. The number of carbonyl (C=O) groups excluding carboxylic acids is 1. The standard InChI is InChI=1S/C17H10BrN3O3S/c1-24-16(23)10-4-2-9(3-5-10)6-13-15(22)21-14-12(20-17(21)25-13)7-11(18)8-19-14/h2-8H,1H3/b13-6-. The topological polar surface area (TPSA) is 73.6 Å². The van der Waals surface area contributed by atoms with Crippen LogP contribution < -0.4 is 10.1 Å². The molecular weight excluding hydrogens is 406 g/mol. The number of esters is 1. The van der Waals surface area contributed by atoms with E-state index < -0.39 is 5.97 Å². The van der Waals surface area contributed by atoms with Gasteiger partial charge in [0.2, 0.25) is 0 Å². The van der Waals surface area contributed by atoms with Crippen molar-refractivity contribution in [2.24, 2.45) is 0 Å². The Balaban J connectivity index is 1.84. The monoisotopic (exact) mass is 415 g/mol. The largest absolute Gasteiger partial charge is 0.465 e. The number of halogens is 1. The van der Waals surface area contributed by atoms with Gasteiger partial charge in [-0.1, -0.05) is 23.5 Å². The van der Waals surface area contributed by atoms with Gasteiger partial charge in [-0.3, -0.25) is 4.79 Å². The average molecular weight is 416 g/mol. The first-order valence-corrected chi connectivity index (χ1v) is 8.84. The molecule has 0 radical (unpaired) electrons. The molecule has 0 aliphatic carbocycles. The highest BCUT2D eigenvalue weighted by Crippen LogP contribution is 2.18. The van der Waals surface area contributed by atoms with Crippen LogP contribution in [0.1, 0.15) is 15.9 Å². The lowest BCUT2D eigenvalue weighted by Crippen LogP contribution is -2.22. The number of rotatable bonds is 2. The van der Waals surface area contributed by atoms with E-state index in [9.17, 15) is 9.59 Å². The molecule has 0 fully saturated rings. The van der Waals surface area contributed by atoms with Crippen LogP contribution in [0.2, 0.25) is 0 Å². The van der Waals surface area contributed by atoms with Crippen molar-refractivity contribution in [1.82, 2.24) is 14.4 Å². The Morgan fingerprint density at radius 3 is 2.80 bits per heavy atom. The van der Waals surface area contributed by atoms with Gasteiger partial charge < -0.3 is 4.74 Å². The van der Waals surface area contributed by atoms with Crippen molar-refractivity contribution >= 4 is 55.4 Å². The van der Waals surface area contributed by atoms with Crippen LogP contribution >= 0.6 is 27.3 Å². The molecule has 0 aliphatic rings. The summed E-state index contributed by atoms with van der Waals surface area (Å²) in [5.41, 5.74) is 2.33. The van der Waals surface area contributed by atoms with Gasteiger partial charge in [0.15, 0.2) is 10.6 Å². The maximum Gasteiger partial charge on any atom is 0.337 e. The lowest BCUT2D eigenvalue weighted by molar-refractivity contribution is 0.0600. The average Bonchev–Trinajstić information content (AvgIpc) is 3.11. The second-order valence-electron chi connectivity index (χ2n) is 5.26. The first-order chi connectivity index (χ1) is 12.1. The van der Waals surface area contributed by atoms with Crippen LogP contribution in [0, 0.1) is 0 Å². The summed E-state index contributed by atoms with van der Waals surface area (Å²) in [5, 5.41) is 0. The molecule has 6 nitrogen and oxygen atoms in total. The Bertz CT molecular complexity index is 1230. The minimum Gasteiger partial charge on any atom is -0.465 e. The zero-order valence-corrected chi connectivity index (χ0v) is 15.3. The third-order valence-electron chi connectivity index (χ3n) is 3.68. The van der Waals surface area contributed by atoms with Crippen LogP contribution in [0.25, 0.3) is 22.2 Å². The third-order valence-corrected chi connectivity index (χ3v) is 5.08. The summed E-state index contributed by atoms with van der Waals surface area (Å²) in [6.07, 6.45) is 3.41. The Kier molecular flexibility index (Phi) is 3.85. The van der Waals surface area contributed by atoms with Crippen molar-refractivity contribution in [1.29, 1.82) is 0 Å². The number of aromatic nitrogens is 3. The second kappa shape index (κ2) is 6.05. The van der Waals surface area contributed by atoms with Crippen molar-refractivity contribution in [3.05, 3.63) is 67.0 Å². The molecule has 0 bridgehead atoms. The lowest BCUT2D eigenvalue weighted by Gasteiger charge is -1.98. The first-order valence-electron chi connectivity index (χ1n) is 7.23. The maximum atomic E-state index is 12.7. The number of nitrogens with zero attached hydrogens (tertiary/aromatic N) is 3. The Hall–Kier alpha value is -2.58. The van der Waals surface area contributed by atoms with Crippen LogP contribution in [0.3, 0.4) is 0 Å². The number of methoxy groups -OCH3 is 1. The second-order valence-corrected chi connectivity index (χ2v) is 7.18. The first kappa shape index (κ1) is 15.9. The molecule has 8 heteroatoms. The molecule has 25 heavy (non-hydrogen) atoms. The molecule has 4 aromatic rings. The summed E-state index contributed by atoms with van der Waals surface area (Å²) in [7, 11) is 1.34. The summed E-state index contributed by atoms with van der Waals surface area (Å²) in [5.74, 6) is -0.394. The fraction of sp³-hybridized carbons (Fsp3) is 0.0588. The van der Waals surface area contributed by atoms with Crippen LogP contribution in [0.15, 0.2) is 45.8 Å². The van der Waals surface area contributed by atoms with Gasteiger partial charge in [-0.25, -0.2) is 19.2 Å². The fourth-order valence-electron chi connectivity index (χ4n) is 2.50. The molecule has 4 rings (SSSR count). The van der Waals surface area contributed by atoms with E-state index in [2.05, 4.69) is 30.6 Å². The van der Waals surface area contributed by atoms with E-state index >= 15 is 0 Å². The van der Waals surface area contributed by atoms with Gasteiger partial charge in [-0.2, -0.15) is 0 Å². The zero-order valence-electron chi connectivity index (χ0n) is 12.9. The van der Waals surface area contributed by atoms with Crippen LogP contribution in [-0.2, 0) is 4.74 Å². The number of thiazole rings is 1. The molecule has 0 N–H and O–H groups in total. The van der Waals surface area contributed by atoms with Crippen molar-refractivity contribution in [3.63, 3.8) is 0 Å². The highest BCUT2D eigenvalue weighted by atomic mass is 79.9. The smallest absolute Gasteiger partial charge is 0.337 e.